The van der Waals surface area contributed by atoms with E-state index in [1.807, 2.05) is 0 Å². The van der Waals surface area contributed by atoms with Crippen molar-refractivity contribution in [3.05, 3.63) is 52.9 Å². The van der Waals surface area contributed by atoms with E-state index < -0.39 is 0 Å². The van der Waals surface area contributed by atoms with Gasteiger partial charge in [-0.25, -0.2) is 8.77 Å². The maximum atomic E-state index is 4.93. The molecule has 0 unspecified atom stereocenters. The minimum atomic E-state index is -0.0932. The SMILES string of the molecule is Cc1ccc2c(c1)-c1c(sn3c1nc1ccccc13)C(C)(C)N2. The number of nitrogens with one attached hydrogen (secondary N) is 1. The van der Waals surface area contributed by atoms with Gasteiger partial charge in [-0.1, -0.05) is 35.3 Å². The fourth-order valence-corrected chi connectivity index (χ4v) is 4.75. The second kappa shape index (κ2) is 4.15. The van der Waals surface area contributed by atoms with Gasteiger partial charge in [-0.15, -0.1) is 0 Å². The van der Waals surface area contributed by atoms with E-state index in [0.717, 1.165) is 11.2 Å². The number of fused-ring (bicyclic) bond motifs is 7. The number of hydrogen-bond acceptors (Lipinski definition) is 3. The monoisotopic (exact) mass is 319 g/mol. The molecule has 0 fully saturated rings. The molecule has 0 radical (unpaired) electrons. The number of aryl methyl sites for hydroxylation is 1. The van der Waals surface area contributed by atoms with Crippen LogP contribution in [0, 0.1) is 6.92 Å². The highest BCUT2D eigenvalue weighted by molar-refractivity contribution is 7.08. The normalized spacial score (nSPS) is 15.4. The highest BCUT2D eigenvalue weighted by Gasteiger charge is 2.35. The molecule has 114 valence electrons. The van der Waals surface area contributed by atoms with Crippen molar-refractivity contribution in [2.45, 2.75) is 26.3 Å². The van der Waals surface area contributed by atoms with E-state index in [9.17, 15) is 0 Å². The molecule has 1 aliphatic heterocycles. The van der Waals surface area contributed by atoms with Gasteiger partial charge >= 0.3 is 0 Å². The standard InChI is InChI=1S/C19H17N3S/c1-11-8-9-13-12(10-11)16-17(19(2,3)21-13)23-22-15-7-5-4-6-14(15)20-18(16)22/h4-10,21H,1-3H3. The molecule has 0 amide bonds. The minimum Gasteiger partial charge on any atom is -0.375 e. The second-order valence-corrected chi connectivity index (χ2v) is 7.77. The first-order chi connectivity index (χ1) is 11.0. The first-order valence-electron chi connectivity index (χ1n) is 7.85. The molecule has 3 nitrogen and oxygen atoms in total. The summed E-state index contributed by atoms with van der Waals surface area (Å²) in [6.45, 7) is 6.63. The Bertz CT molecular complexity index is 1080. The largest absolute Gasteiger partial charge is 0.375 e. The van der Waals surface area contributed by atoms with Gasteiger partial charge in [0.1, 0.15) is 0 Å². The molecule has 23 heavy (non-hydrogen) atoms. The summed E-state index contributed by atoms with van der Waals surface area (Å²) < 4.78 is 2.28. The second-order valence-electron chi connectivity index (χ2n) is 6.81. The number of imidazole rings is 1. The summed E-state index contributed by atoms with van der Waals surface area (Å²) in [6.07, 6.45) is 0. The van der Waals surface area contributed by atoms with E-state index in [-0.39, 0.29) is 5.54 Å². The van der Waals surface area contributed by atoms with E-state index in [1.165, 1.54) is 32.8 Å². The maximum absolute atomic E-state index is 4.93. The molecule has 1 aliphatic rings. The number of para-hydroxylation sites is 2. The van der Waals surface area contributed by atoms with Gasteiger partial charge in [-0.2, -0.15) is 0 Å². The zero-order chi connectivity index (χ0) is 15.8. The van der Waals surface area contributed by atoms with Crippen LogP contribution in [0.3, 0.4) is 0 Å². The fraction of sp³-hybridized carbons (Fsp3) is 0.211. The smallest absolute Gasteiger partial charge is 0.156 e. The molecule has 0 atom stereocenters. The van der Waals surface area contributed by atoms with Crippen LogP contribution in [0.4, 0.5) is 5.69 Å². The van der Waals surface area contributed by atoms with E-state index >= 15 is 0 Å². The summed E-state index contributed by atoms with van der Waals surface area (Å²) in [5.74, 6) is 0. The van der Waals surface area contributed by atoms with E-state index in [1.54, 1.807) is 11.5 Å². The number of rotatable bonds is 0. The molecule has 0 saturated heterocycles. The fourth-order valence-electron chi connectivity index (χ4n) is 3.53. The van der Waals surface area contributed by atoms with Crippen molar-refractivity contribution in [3.63, 3.8) is 0 Å². The molecule has 3 heterocycles. The number of nitrogens with zero attached hydrogens (tertiary/aromatic N) is 2. The highest BCUT2D eigenvalue weighted by atomic mass is 32.1. The summed E-state index contributed by atoms with van der Waals surface area (Å²) in [6, 6.07) is 15.0. The zero-order valence-corrected chi connectivity index (χ0v) is 14.2. The molecule has 2 aromatic carbocycles. The van der Waals surface area contributed by atoms with Crippen LogP contribution >= 0.6 is 11.5 Å². The summed E-state index contributed by atoms with van der Waals surface area (Å²) in [5, 5.41) is 3.69. The molecule has 4 heteroatoms. The van der Waals surface area contributed by atoms with Crippen LogP contribution in [-0.2, 0) is 5.54 Å². The lowest BCUT2D eigenvalue weighted by Gasteiger charge is -2.33. The molecule has 2 aromatic heterocycles. The number of hydrogen-bond donors (Lipinski definition) is 1. The van der Waals surface area contributed by atoms with Crippen molar-refractivity contribution in [1.29, 1.82) is 0 Å². The van der Waals surface area contributed by atoms with Crippen molar-refractivity contribution < 1.29 is 0 Å². The molecular formula is C19H17N3S. The van der Waals surface area contributed by atoms with Crippen LogP contribution in [0.25, 0.3) is 27.8 Å². The Morgan fingerprint density at radius 1 is 1.13 bits per heavy atom. The van der Waals surface area contributed by atoms with Gasteiger partial charge in [-0.05, 0) is 45.0 Å². The lowest BCUT2D eigenvalue weighted by Crippen LogP contribution is -2.30. The van der Waals surface area contributed by atoms with Crippen LogP contribution in [0.1, 0.15) is 24.3 Å². The van der Waals surface area contributed by atoms with Crippen LogP contribution in [0.2, 0.25) is 0 Å². The van der Waals surface area contributed by atoms with Crippen molar-refractivity contribution in [3.8, 4) is 11.1 Å². The van der Waals surface area contributed by atoms with Crippen molar-refractivity contribution in [2.75, 3.05) is 5.32 Å². The van der Waals surface area contributed by atoms with Gasteiger partial charge < -0.3 is 5.32 Å². The Kier molecular flexibility index (Phi) is 2.37. The highest BCUT2D eigenvalue weighted by Crippen LogP contribution is 2.48. The van der Waals surface area contributed by atoms with Crippen LogP contribution < -0.4 is 5.32 Å². The third kappa shape index (κ3) is 1.67. The average Bonchev–Trinajstić information content (AvgIpc) is 3.05. The predicted octanol–water partition coefficient (Wildman–Crippen LogP) is 5.19. The summed E-state index contributed by atoms with van der Waals surface area (Å²) in [5.41, 5.74) is 8.25. The topological polar surface area (TPSA) is 29.3 Å². The summed E-state index contributed by atoms with van der Waals surface area (Å²) in [4.78, 5) is 6.28. The minimum absolute atomic E-state index is 0.0932. The molecule has 1 N–H and O–H groups in total. The number of aromatic nitrogens is 2. The molecule has 0 saturated carbocycles. The molecule has 0 bridgehead atoms. The van der Waals surface area contributed by atoms with Crippen LogP contribution in [-0.4, -0.2) is 8.77 Å². The lowest BCUT2D eigenvalue weighted by molar-refractivity contribution is 0.620. The van der Waals surface area contributed by atoms with Gasteiger partial charge in [0.15, 0.2) is 5.65 Å². The Morgan fingerprint density at radius 2 is 1.96 bits per heavy atom. The number of benzene rings is 2. The van der Waals surface area contributed by atoms with E-state index in [4.69, 9.17) is 4.98 Å². The van der Waals surface area contributed by atoms with Gasteiger partial charge in [0.05, 0.1) is 21.4 Å². The molecule has 0 spiro atoms. The predicted molar refractivity (Wildman–Crippen MR) is 97.4 cm³/mol. The molecule has 4 aromatic rings. The lowest BCUT2D eigenvalue weighted by atomic mass is 9.89. The Morgan fingerprint density at radius 3 is 2.83 bits per heavy atom. The van der Waals surface area contributed by atoms with Gasteiger partial charge in [0, 0.05) is 16.8 Å². The summed E-state index contributed by atoms with van der Waals surface area (Å²) >= 11 is 1.80. The first-order valence-corrected chi connectivity index (χ1v) is 8.62. The van der Waals surface area contributed by atoms with E-state index in [0.29, 0.717) is 0 Å². The quantitative estimate of drug-likeness (QED) is 0.483. The Labute approximate surface area is 138 Å². The van der Waals surface area contributed by atoms with Crippen LogP contribution in [0.15, 0.2) is 42.5 Å². The van der Waals surface area contributed by atoms with E-state index in [2.05, 4.69) is 72.3 Å². The first kappa shape index (κ1) is 13.1. The molecular weight excluding hydrogens is 302 g/mol. The van der Waals surface area contributed by atoms with Crippen molar-refractivity contribution in [2.24, 2.45) is 0 Å². The van der Waals surface area contributed by atoms with Crippen molar-refractivity contribution in [1.82, 2.24) is 8.77 Å². The molecule has 0 aliphatic carbocycles. The maximum Gasteiger partial charge on any atom is 0.156 e. The van der Waals surface area contributed by atoms with Gasteiger partial charge in [0.25, 0.3) is 0 Å². The Balaban J connectivity index is 1.97. The average molecular weight is 319 g/mol. The molecule has 5 rings (SSSR count). The summed E-state index contributed by atoms with van der Waals surface area (Å²) in [7, 11) is 0. The van der Waals surface area contributed by atoms with Gasteiger partial charge in [0.2, 0.25) is 0 Å². The number of anilines is 1. The van der Waals surface area contributed by atoms with Crippen molar-refractivity contribution >= 4 is 33.9 Å². The third-order valence-corrected chi connectivity index (χ3v) is 6.06. The Hall–Kier alpha value is -2.33. The zero-order valence-electron chi connectivity index (χ0n) is 13.3. The van der Waals surface area contributed by atoms with Crippen LogP contribution in [0.5, 0.6) is 0 Å². The third-order valence-electron chi connectivity index (χ3n) is 4.61. The van der Waals surface area contributed by atoms with Gasteiger partial charge in [-0.3, -0.25) is 0 Å².